The summed E-state index contributed by atoms with van der Waals surface area (Å²) in [5.41, 5.74) is 6.14. The molecule has 0 aromatic heterocycles. The Hall–Kier alpha value is -0.980. The molecule has 0 radical (unpaired) electrons. The minimum absolute atomic E-state index is 0. The maximum Gasteiger partial charge on any atom is 0.573 e. The van der Waals surface area contributed by atoms with Crippen LogP contribution in [0.1, 0.15) is 18.0 Å². The van der Waals surface area contributed by atoms with E-state index >= 15 is 0 Å². The van der Waals surface area contributed by atoms with Gasteiger partial charge in [0.25, 0.3) is 0 Å². The van der Waals surface area contributed by atoms with Crippen LogP contribution >= 0.6 is 12.4 Å². The number of benzene rings is 1. The van der Waals surface area contributed by atoms with Crippen molar-refractivity contribution in [1.29, 1.82) is 0 Å². The summed E-state index contributed by atoms with van der Waals surface area (Å²) in [6.45, 7) is -0.120. The van der Waals surface area contributed by atoms with E-state index < -0.39 is 12.4 Å². The molecule has 1 rings (SSSR count). The number of hydrogen-bond donors (Lipinski definition) is 2. The zero-order valence-corrected chi connectivity index (χ0v) is 9.59. The molecule has 7 heteroatoms. The summed E-state index contributed by atoms with van der Waals surface area (Å²) in [7, 11) is 0. The van der Waals surface area contributed by atoms with Crippen molar-refractivity contribution >= 4 is 12.4 Å². The van der Waals surface area contributed by atoms with E-state index in [1.54, 1.807) is 6.07 Å². The largest absolute Gasteiger partial charge is 0.573 e. The Balaban J connectivity index is 0.00000256. The van der Waals surface area contributed by atoms with Gasteiger partial charge in [0, 0.05) is 12.6 Å². The SMILES string of the molecule is Cl.N[C@@H](CCO)c1cccc(OC(F)(F)F)c1. The highest BCUT2D eigenvalue weighted by atomic mass is 35.5. The third kappa shape index (κ3) is 5.76. The fraction of sp³-hybridized carbons (Fsp3) is 0.400. The highest BCUT2D eigenvalue weighted by Crippen LogP contribution is 2.25. The van der Waals surface area contributed by atoms with Gasteiger partial charge in [0.15, 0.2) is 0 Å². The number of hydrogen-bond acceptors (Lipinski definition) is 3. The lowest BCUT2D eigenvalue weighted by Gasteiger charge is -2.13. The molecule has 3 N–H and O–H groups in total. The Morgan fingerprint density at radius 3 is 2.53 bits per heavy atom. The maximum atomic E-state index is 11.9. The Kier molecular flexibility index (Phi) is 6.30. The topological polar surface area (TPSA) is 55.5 Å². The van der Waals surface area contributed by atoms with E-state index in [0.717, 1.165) is 0 Å². The number of halogens is 4. The summed E-state index contributed by atoms with van der Waals surface area (Å²) >= 11 is 0. The van der Waals surface area contributed by atoms with Gasteiger partial charge in [-0.25, -0.2) is 0 Å². The predicted molar refractivity (Wildman–Crippen MR) is 59.0 cm³/mol. The first-order valence-electron chi connectivity index (χ1n) is 4.64. The molecule has 0 amide bonds. The van der Waals surface area contributed by atoms with Crippen molar-refractivity contribution in [3.8, 4) is 5.75 Å². The molecule has 0 bridgehead atoms. The highest BCUT2D eigenvalue weighted by molar-refractivity contribution is 5.85. The highest BCUT2D eigenvalue weighted by Gasteiger charge is 2.31. The Labute approximate surface area is 103 Å². The Morgan fingerprint density at radius 1 is 1.35 bits per heavy atom. The lowest BCUT2D eigenvalue weighted by Crippen LogP contribution is -2.18. The van der Waals surface area contributed by atoms with Gasteiger partial charge in [0.1, 0.15) is 5.75 Å². The first-order chi connectivity index (χ1) is 7.42. The van der Waals surface area contributed by atoms with E-state index in [4.69, 9.17) is 10.8 Å². The molecule has 0 aliphatic carbocycles. The van der Waals surface area contributed by atoms with E-state index in [1.807, 2.05) is 0 Å². The van der Waals surface area contributed by atoms with Gasteiger partial charge < -0.3 is 15.6 Å². The predicted octanol–water partition coefficient (Wildman–Crippen LogP) is 2.39. The zero-order valence-electron chi connectivity index (χ0n) is 8.78. The van der Waals surface area contributed by atoms with Crippen LogP contribution in [0.3, 0.4) is 0 Å². The van der Waals surface area contributed by atoms with Gasteiger partial charge in [-0.15, -0.1) is 25.6 Å². The summed E-state index contributed by atoms with van der Waals surface area (Å²) in [6, 6.07) is 4.93. The second-order valence-electron chi connectivity index (χ2n) is 3.24. The van der Waals surface area contributed by atoms with Gasteiger partial charge in [0.2, 0.25) is 0 Å². The van der Waals surface area contributed by atoms with Crippen LogP contribution in [0.5, 0.6) is 5.75 Å². The summed E-state index contributed by atoms with van der Waals surface area (Å²) < 4.78 is 39.5. The van der Waals surface area contributed by atoms with Crippen LogP contribution in [0.4, 0.5) is 13.2 Å². The normalized spacial score (nSPS) is 12.8. The molecule has 0 fully saturated rings. The average molecular weight is 272 g/mol. The third-order valence-corrected chi connectivity index (χ3v) is 1.96. The van der Waals surface area contributed by atoms with Crippen LogP contribution in [0.15, 0.2) is 24.3 Å². The minimum Gasteiger partial charge on any atom is -0.406 e. The number of aliphatic hydroxyl groups is 1. The van der Waals surface area contributed by atoms with E-state index in [2.05, 4.69) is 4.74 Å². The maximum absolute atomic E-state index is 11.9. The van der Waals surface area contributed by atoms with Gasteiger partial charge in [0.05, 0.1) is 0 Å². The molecule has 0 heterocycles. The van der Waals surface area contributed by atoms with Crippen molar-refractivity contribution in [2.45, 2.75) is 18.8 Å². The summed E-state index contributed by atoms with van der Waals surface area (Å²) in [4.78, 5) is 0. The monoisotopic (exact) mass is 271 g/mol. The first kappa shape index (κ1) is 16.0. The third-order valence-electron chi connectivity index (χ3n) is 1.96. The number of rotatable bonds is 4. The second-order valence-corrected chi connectivity index (χ2v) is 3.24. The lowest BCUT2D eigenvalue weighted by atomic mass is 10.1. The van der Waals surface area contributed by atoms with Crippen LogP contribution in [-0.2, 0) is 0 Å². The molecule has 1 aromatic carbocycles. The Bertz CT molecular complexity index is 347. The molecular weight excluding hydrogens is 259 g/mol. The number of ether oxygens (including phenoxy) is 1. The average Bonchev–Trinajstić information content (AvgIpc) is 2.16. The standard InChI is InChI=1S/C10H12F3NO2.ClH/c11-10(12,13)16-8-3-1-2-7(6-8)9(14)4-5-15;/h1-3,6,9,15H,4-5,14H2;1H/t9-;/m0./s1. The molecular formula is C10H13ClF3NO2. The first-order valence-corrected chi connectivity index (χ1v) is 4.64. The van der Waals surface area contributed by atoms with Crippen LogP contribution in [0.2, 0.25) is 0 Å². The molecule has 0 unspecified atom stereocenters. The molecule has 17 heavy (non-hydrogen) atoms. The minimum atomic E-state index is -4.71. The van der Waals surface area contributed by atoms with Crippen LogP contribution < -0.4 is 10.5 Å². The fourth-order valence-corrected chi connectivity index (χ4v) is 1.25. The number of nitrogens with two attached hydrogens (primary N) is 1. The van der Waals surface area contributed by atoms with E-state index in [-0.39, 0.29) is 31.2 Å². The van der Waals surface area contributed by atoms with Crippen molar-refractivity contribution < 1.29 is 23.0 Å². The summed E-state index contributed by atoms with van der Waals surface area (Å²) in [6.07, 6.45) is -4.42. The lowest BCUT2D eigenvalue weighted by molar-refractivity contribution is -0.274. The van der Waals surface area contributed by atoms with E-state index in [0.29, 0.717) is 5.56 Å². The smallest absolute Gasteiger partial charge is 0.406 e. The van der Waals surface area contributed by atoms with Crippen molar-refractivity contribution in [2.75, 3.05) is 6.61 Å². The van der Waals surface area contributed by atoms with Gasteiger partial charge >= 0.3 is 6.36 Å². The van der Waals surface area contributed by atoms with Crippen molar-refractivity contribution in [3.05, 3.63) is 29.8 Å². The van der Waals surface area contributed by atoms with Gasteiger partial charge in [-0.3, -0.25) is 0 Å². The molecule has 0 saturated carbocycles. The number of alkyl halides is 3. The molecule has 1 aromatic rings. The van der Waals surface area contributed by atoms with Crippen molar-refractivity contribution in [1.82, 2.24) is 0 Å². The molecule has 0 spiro atoms. The number of aliphatic hydroxyl groups excluding tert-OH is 1. The summed E-state index contributed by atoms with van der Waals surface area (Å²) in [5, 5.41) is 8.66. The van der Waals surface area contributed by atoms with E-state index in [1.165, 1.54) is 18.2 Å². The zero-order chi connectivity index (χ0) is 12.2. The van der Waals surface area contributed by atoms with Crippen LogP contribution in [0, 0.1) is 0 Å². The molecule has 0 saturated heterocycles. The Morgan fingerprint density at radius 2 is 2.00 bits per heavy atom. The summed E-state index contributed by atoms with van der Waals surface area (Å²) in [5.74, 6) is -0.307. The van der Waals surface area contributed by atoms with Gasteiger partial charge in [-0.1, -0.05) is 12.1 Å². The molecule has 0 aliphatic rings. The molecule has 1 atom stereocenters. The molecule has 0 aliphatic heterocycles. The fourth-order valence-electron chi connectivity index (χ4n) is 1.25. The second kappa shape index (κ2) is 6.68. The van der Waals surface area contributed by atoms with Crippen LogP contribution in [-0.4, -0.2) is 18.1 Å². The quantitative estimate of drug-likeness (QED) is 0.884. The van der Waals surface area contributed by atoms with Gasteiger partial charge in [-0.2, -0.15) is 0 Å². The van der Waals surface area contributed by atoms with Gasteiger partial charge in [-0.05, 0) is 24.1 Å². The molecule has 3 nitrogen and oxygen atoms in total. The van der Waals surface area contributed by atoms with Crippen LogP contribution in [0.25, 0.3) is 0 Å². The van der Waals surface area contributed by atoms with E-state index in [9.17, 15) is 13.2 Å². The van der Waals surface area contributed by atoms with Crippen molar-refractivity contribution in [2.24, 2.45) is 5.73 Å². The molecule has 98 valence electrons. The van der Waals surface area contributed by atoms with Crippen molar-refractivity contribution in [3.63, 3.8) is 0 Å².